The van der Waals surface area contributed by atoms with Gasteiger partial charge in [0.2, 0.25) is 0 Å². The maximum atomic E-state index is 12.5. The van der Waals surface area contributed by atoms with Crippen LogP contribution in [0.25, 0.3) is 11.1 Å². The number of nitrogens with zero attached hydrogens (tertiary/aromatic N) is 1. The van der Waals surface area contributed by atoms with Crippen molar-refractivity contribution in [2.45, 2.75) is 39.5 Å². The fourth-order valence-corrected chi connectivity index (χ4v) is 3.04. The molecule has 7 nitrogen and oxygen atoms in total. The highest BCUT2D eigenvalue weighted by molar-refractivity contribution is 7.80. The van der Waals surface area contributed by atoms with Crippen LogP contribution in [0.1, 0.15) is 49.9 Å². The summed E-state index contributed by atoms with van der Waals surface area (Å²) >= 11 is -2.29. The van der Waals surface area contributed by atoms with E-state index in [1.54, 1.807) is 24.5 Å². The van der Waals surface area contributed by atoms with E-state index in [1.165, 1.54) is 6.07 Å². The minimum Gasteiger partial charge on any atom is -0.462 e. The summed E-state index contributed by atoms with van der Waals surface area (Å²) in [7, 11) is 0. The van der Waals surface area contributed by atoms with E-state index >= 15 is 0 Å². The van der Waals surface area contributed by atoms with Gasteiger partial charge in [-0.3, -0.25) is 14.3 Å². The second kappa shape index (κ2) is 11.4. The van der Waals surface area contributed by atoms with Gasteiger partial charge in [0.15, 0.2) is 0 Å². The number of hydrogen-bond acceptors (Lipinski definition) is 5. The zero-order chi connectivity index (χ0) is 20.4. The van der Waals surface area contributed by atoms with Crippen LogP contribution in [0.5, 0.6) is 0 Å². The molecule has 1 aromatic carbocycles. The van der Waals surface area contributed by atoms with Gasteiger partial charge >= 0.3 is 5.97 Å². The molecule has 0 bridgehead atoms. The molecule has 28 heavy (non-hydrogen) atoms. The van der Waals surface area contributed by atoms with Crippen molar-refractivity contribution >= 4 is 28.6 Å². The second-order valence-corrected chi connectivity index (χ2v) is 7.01. The number of benzene rings is 1. The molecule has 0 aliphatic heterocycles. The molecule has 3 N–H and O–H groups in total. The largest absolute Gasteiger partial charge is 0.462 e. The Kier molecular flexibility index (Phi) is 8.90. The molecule has 0 saturated heterocycles. The fourth-order valence-electron chi connectivity index (χ4n) is 2.69. The first kappa shape index (κ1) is 21.8. The summed E-state index contributed by atoms with van der Waals surface area (Å²) in [5.41, 5.74) is 2.80. The highest BCUT2D eigenvalue weighted by Crippen LogP contribution is 2.37. The van der Waals surface area contributed by atoms with E-state index in [9.17, 15) is 13.6 Å². The number of aromatic nitrogens is 1. The van der Waals surface area contributed by atoms with E-state index in [4.69, 9.17) is 4.74 Å². The Morgan fingerprint density at radius 3 is 2.61 bits per heavy atom. The SMILES string of the molecule is CCCCNc1cc(C(=O)OCCCC)cc(NS(=O)O)c1-c1cccnc1. The fraction of sp³-hybridized carbons (Fsp3) is 0.400. The molecule has 152 valence electrons. The van der Waals surface area contributed by atoms with Gasteiger partial charge < -0.3 is 10.1 Å². The predicted molar refractivity (Wildman–Crippen MR) is 113 cm³/mol. The lowest BCUT2D eigenvalue weighted by atomic mass is 10.00. The smallest absolute Gasteiger partial charge is 0.338 e. The van der Waals surface area contributed by atoms with Crippen LogP contribution in [0.4, 0.5) is 11.4 Å². The first-order chi connectivity index (χ1) is 13.6. The van der Waals surface area contributed by atoms with Crippen LogP contribution in [-0.2, 0) is 16.0 Å². The normalized spacial score (nSPS) is 11.7. The van der Waals surface area contributed by atoms with Gasteiger partial charge in [-0.15, -0.1) is 0 Å². The van der Waals surface area contributed by atoms with Crippen molar-refractivity contribution in [2.75, 3.05) is 23.2 Å². The van der Waals surface area contributed by atoms with Crippen molar-refractivity contribution in [3.8, 4) is 11.1 Å². The molecule has 8 heteroatoms. The molecule has 2 rings (SSSR count). The summed E-state index contributed by atoms with van der Waals surface area (Å²) in [6.07, 6.45) is 7.00. The van der Waals surface area contributed by atoms with E-state index in [-0.39, 0.29) is 0 Å². The molecule has 1 unspecified atom stereocenters. The summed E-state index contributed by atoms with van der Waals surface area (Å²) in [5, 5.41) is 3.33. The molecular weight excluding hydrogens is 378 g/mol. The quantitative estimate of drug-likeness (QED) is 0.290. The standard InChI is InChI=1S/C20H27N3O4S/c1-3-5-10-22-17-12-16(20(24)27-11-6-4-2)13-18(23-28(25)26)19(17)15-8-7-9-21-14-15/h7-9,12-14,22-23H,3-6,10-11H2,1-2H3,(H,25,26). The average molecular weight is 406 g/mol. The maximum Gasteiger partial charge on any atom is 0.338 e. The highest BCUT2D eigenvalue weighted by atomic mass is 32.2. The van der Waals surface area contributed by atoms with Crippen molar-refractivity contribution in [2.24, 2.45) is 0 Å². The molecule has 0 aliphatic rings. The number of rotatable bonds is 11. The van der Waals surface area contributed by atoms with Crippen LogP contribution in [0.3, 0.4) is 0 Å². The van der Waals surface area contributed by atoms with Crippen LogP contribution in [-0.4, -0.2) is 32.9 Å². The Balaban J connectivity index is 2.50. The molecule has 0 radical (unpaired) electrons. The van der Waals surface area contributed by atoms with E-state index in [0.717, 1.165) is 31.2 Å². The molecule has 1 aromatic heterocycles. The lowest BCUT2D eigenvalue weighted by molar-refractivity contribution is 0.0500. The molecule has 0 saturated carbocycles. The number of pyridine rings is 1. The Morgan fingerprint density at radius 1 is 1.21 bits per heavy atom. The molecule has 0 amide bonds. The topological polar surface area (TPSA) is 101 Å². The van der Waals surface area contributed by atoms with Gasteiger partial charge in [0.05, 0.1) is 17.9 Å². The predicted octanol–water partition coefficient (Wildman–Crippen LogP) is 4.47. The first-order valence-electron chi connectivity index (χ1n) is 9.43. The van der Waals surface area contributed by atoms with Gasteiger partial charge in [0.25, 0.3) is 11.3 Å². The molecule has 0 fully saturated rings. The van der Waals surface area contributed by atoms with Crippen molar-refractivity contribution in [1.82, 2.24) is 4.98 Å². The Hall–Kier alpha value is -2.45. The molecule has 0 aliphatic carbocycles. The van der Waals surface area contributed by atoms with Crippen molar-refractivity contribution < 1.29 is 18.3 Å². The first-order valence-corrected chi connectivity index (χ1v) is 10.5. The number of esters is 1. The van der Waals surface area contributed by atoms with E-state index < -0.39 is 17.2 Å². The van der Waals surface area contributed by atoms with Crippen LogP contribution >= 0.6 is 0 Å². The summed E-state index contributed by atoms with van der Waals surface area (Å²) in [5.74, 6) is -0.462. The summed E-state index contributed by atoms with van der Waals surface area (Å²) < 4.78 is 28.7. The zero-order valence-corrected chi connectivity index (χ0v) is 17.1. The number of carbonyl (C=O) groups excluding carboxylic acids is 1. The van der Waals surface area contributed by atoms with Crippen LogP contribution in [0.15, 0.2) is 36.7 Å². The lowest BCUT2D eigenvalue weighted by Crippen LogP contribution is -2.12. The number of anilines is 2. The molecule has 1 atom stereocenters. The van der Waals surface area contributed by atoms with Crippen LogP contribution < -0.4 is 10.0 Å². The molecule has 0 spiro atoms. The van der Waals surface area contributed by atoms with Gasteiger partial charge in [0.1, 0.15) is 0 Å². The Labute approximate surface area is 168 Å². The molecular formula is C20H27N3O4S. The number of nitrogens with one attached hydrogen (secondary N) is 2. The van der Waals surface area contributed by atoms with Gasteiger partial charge in [-0.1, -0.05) is 32.8 Å². The van der Waals surface area contributed by atoms with Gasteiger partial charge in [-0.25, -0.2) is 9.00 Å². The molecule has 2 aromatic rings. The summed E-state index contributed by atoms with van der Waals surface area (Å²) in [4.78, 5) is 16.6. The maximum absolute atomic E-state index is 12.5. The van der Waals surface area contributed by atoms with Crippen LogP contribution in [0, 0.1) is 0 Å². The van der Waals surface area contributed by atoms with E-state index in [2.05, 4.69) is 21.9 Å². The number of unbranched alkanes of at least 4 members (excludes halogenated alkanes) is 2. The lowest BCUT2D eigenvalue weighted by Gasteiger charge is -2.18. The number of ether oxygens (including phenoxy) is 1. The minimum absolute atomic E-state index is 0.315. The number of hydrogen-bond donors (Lipinski definition) is 3. The summed E-state index contributed by atoms with van der Waals surface area (Å²) in [6.45, 7) is 5.16. The van der Waals surface area contributed by atoms with Gasteiger partial charge in [-0.2, -0.15) is 0 Å². The Bertz CT molecular complexity index is 800. The van der Waals surface area contributed by atoms with Crippen molar-refractivity contribution in [1.29, 1.82) is 0 Å². The van der Waals surface area contributed by atoms with Gasteiger partial charge in [-0.05, 0) is 31.0 Å². The average Bonchev–Trinajstić information content (AvgIpc) is 2.68. The summed E-state index contributed by atoms with van der Waals surface area (Å²) in [6, 6.07) is 6.91. The van der Waals surface area contributed by atoms with Crippen molar-refractivity contribution in [3.05, 3.63) is 42.2 Å². The van der Waals surface area contributed by atoms with Crippen molar-refractivity contribution in [3.63, 3.8) is 0 Å². The minimum atomic E-state index is -2.29. The third kappa shape index (κ3) is 6.31. The Morgan fingerprint density at radius 2 is 1.96 bits per heavy atom. The monoisotopic (exact) mass is 405 g/mol. The van der Waals surface area contributed by atoms with E-state index in [1.807, 2.05) is 13.0 Å². The molecule has 1 heterocycles. The second-order valence-electron chi connectivity index (χ2n) is 6.31. The highest BCUT2D eigenvalue weighted by Gasteiger charge is 2.18. The third-order valence-electron chi connectivity index (χ3n) is 4.10. The van der Waals surface area contributed by atoms with Crippen LogP contribution in [0.2, 0.25) is 0 Å². The third-order valence-corrected chi connectivity index (χ3v) is 4.49. The van der Waals surface area contributed by atoms with Gasteiger partial charge in [0, 0.05) is 35.8 Å². The number of carbonyl (C=O) groups is 1. The zero-order valence-electron chi connectivity index (χ0n) is 16.2. The van der Waals surface area contributed by atoms with E-state index in [0.29, 0.717) is 35.7 Å².